The highest BCUT2D eigenvalue weighted by atomic mass is 31.2. The lowest BCUT2D eigenvalue weighted by molar-refractivity contribution is -0.161. The van der Waals surface area contributed by atoms with E-state index in [0.717, 1.165) is 64.2 Å². The second kappa shape index (κ2) is 35.8. The van der Waals surface area contributed by atoms with E-state index in [4.69, 9.17) is 24.3 Å². The van der Waals surface area contributed by atoms with Gasteiger partial charge in [-0.05, 0) is 51.4 Å². The van der Waals surface area contributed by atoms with E-state index in [1.54, 1.807) is 0 Å². The number of carbonyl (C=O) groups excluding carboxylic acids is 2. The van der Waals surface area contributed by atoms with E-state index in [0.29, 0.717) is 6.42 Å². The van der Waals surface area contributed by atoms with Crippen molar-refractivity contribution in [3.63, 3.8) is 0 Å². The molecule has 2 atom stereocenters. The van der Waals surface area contributed by atoms with Crippen molar-refractivity contribution in [2.24, 2.45) is 5.73 Å². The van der Waals surface area contributed by atoms with E-state index < -0.39 is 32.5 Å². The van der Waals surface area contributed by atoms with Gasteiger partial charge in [-0.1, -0.05) is 140 Å². The molecule has 0 saturated heterocycles. The van der Waals surface area contributed by atoms with Crippen molar-refractivity contribution in [2.75, 3.05) is 26.4 Å². The van der Waals surface area contributed by atoms with Crippen molar-refractivity contribution in [2.45, 2.75) is 161 Å². The highest BCUT2D eigenvalue weighted by molar-refractivity contribution is 7.47. The van der Waals surface area contributed by atoms with Gasteiger partial charge in [-0.15, -0.1) is 0 Å². The molecule has 10 heteroatoms. The monoisotopic (exact) mass is 711 g/mol. The lowest BCUT2D eigenvalue weighted by atomic mass is 10.1. The minimum Gasteiger partial charge on any atom is -0.462 e. The molecule has 0 amide bonds. The van der Waals surface area contributed by atoms with Crippen molar-refractivity contribution in [3.8, 4) is 0 Å². The Morgan fingerprint density at radius 1 is 0.612 bits per heavy atom. The number of phosphoric acid groups is 1. The highest BCUT2D eigenvalue weighted by Gasteiger charge is 2.25. The first kappa shape index (κ1) is 47.0. The van der Waals surface area contributed by atoms with Crippen LogP contribution in [0.4, 0.5) is 0 Å². The van der Waals surface area contributed by atoms with Gasteiger partial charge in [0.05, 0.1) is 13.2 Å². The Hall–Kier alpha value is -2.03. The predicted molar refractivity (Wildman–Crippen MR) is 201 cm³/mol. The highest BCUT2D eigenvalue weighted by Crippen LogP contribution is 2.43. The summed E-state index contributed by atoms with van der Waals surface area (Å²) in [4.78, 5) is 34.7. The molecular formula is C39H70NO8P. The van der Waals surface area contributed by atoms with E-state index in [-0.39, 0.29) is 32.6 Å². The van der Waals surface area contributed by atoms with Crippen LogP contribution >= 0.6 is 7.82 Å². The lowest BCUT2D eigenvalue weighted by Gasteiger charge is -2.19. The molecule has 1 unspecified atom stereocenters. The number of nitrogens with two attached hydrogens (primary N) is 1. The SMILES string of the molecule is CCC/C=C/C/C=C/C/C=C/C/C=C/CCCCCC(=O)O[C@H](COC(=O)CCCCCCCCCCCCC)COP(=O)(O)OCCN. The van der Waals surface area contributed by atoms with Crippen LogP contribution in [0.5, 0.6) is 0 Å². The number of unbranched alkanes of at least 4 members (excludes halogenated alkanes) is 14. The summed E-state index contributed by atoms with van der Waals surface area (Å²) >= 11 is 0. The third-order valence-electron chi connectivity index (χ3n) is 7.70. The van der Waals surface area contributed by atoms with Crippen LogP contribution < -0.4 is 5.73 Å². The number of allylic oxidation sites excluding steroid dienone is 8. The van der Waals surface area contributed by atoms with Gasteiger partial charge in [-0.25, -0.2) is 4.57 Å². The fourth-order valence-corrected chi connectivity index (χ4v) is 5.62. The Kier molecular flexibility index (Phi) is 34.3. The smallest absolute Gasteiger partial charge is 0.462 e. The zero-order valence-corrected chi connectivity index (χ0v) is 31.8. The van der Waals surface area contributed by atoms with Crippen molar-refractivity contribution >= 4 is 19.8 Å². The molecule has 0 radical (unpaired) electrons. The molecule has 0 bridgehead atoms. The quantitative estimate of drug-likeness (QED) is 0.0285. The van der Waals surface area contributed by atoms with Crippen LogP contribution in [0.25, 0.3) is 0 Å². The van der Waals surface area contributed by atoms with Gasteiger partial charge in [-0.2, -0.15) is 0 Å². The number of ether oxygens (including phenoxy) is 2. The average Bonchev–Trinajstić information content (AvgIpc) is 3.08. The summed E-state index contributed by atoms with van der Waals surface area (Å²) in [6.07, 6.45) is 38.5. The number of phosphoric ester groups is 1. The fraction of sp³-hybridized carbons (Fsp3) is 0.744. The van der Waals surface area contributed by atoms with Crippen LogP contribution in [0, 0.1) is 0 Å². The molecule has 0 aromatic carbocycles. The topological polar surface area (TPSA) is 134 Å². The van der Waals surface area contributed by atoms with E-state index in [9.17, 15) is 19.0 Å². The second-order valence-corrected chi connectivity index (χ2v) is 13.9. The summed E-state index contributed by atoms with van der Waals surface area (Å²) in [5, 5.41) is 0. The largest absolute Gasteiger partial charge is 0.472 e. The maximum atomic E-state index is 12.5. The Morgan fingerprint density at radius 2 is 1.10 bits per heavy atom. The Morgan fingerprint density at radius 3 is 1.65 bits per heavy atom. The lowest BCUT2D eigenvalue weighted by Crippen LogP contribution is -2.29. The second-order valence-electron chi connectivity index (χ2n) is 12.4. The van der Waals surface area contributed by atoms with Crippen molar-refractivity contribution in [1.82, 2.24) is 0 Å². The van der Waals surface area contributed by atoms with E-state index in [2.05, 4.69) is 62.5 Å². The molecule has 0 fully saturated rings. The van der Waals surface area contributed by atoms with Gasteiger partial charge < -0.3 is 20.1 Å². The van der Waals surface area contributed by atoms with Crippen molar-refractivity contribution < 1.29 is 37.6 Å². The average molecular weight is 712 g/mol. The molecule has 0 aromatic heterocycles. The minimum atomic E-state index is -4.38. The predicted octanol–water partition coefficient (Wildman–Crippen LogP) is 10.4. The van der Waals surface area contributed by atoms with Gasteiger partial charge >= 0.3 is 19.8 Å². The summed E-state index contributed by atoms with van der Waals surface area (Å²) in [7, 11) is -4.38. The van der Waals surface area contributed by atoms with Crippen LogP contribution in [0.3, 0.4) is 0 Å². The normalized spacial score (nSPS) is 14.0. The van der Waals surface area contributed by atoms with Crippen LogP contribution in [0.1, 0.15) is 155 Å². The van der Waals surface area contributed by atoms with Gasteiger partial charge in [0.2, 0.25) is 0 Å². The first-order valence-corrected chi connectivity index (χ1v) is 20.6. The number of carbonyl (C=O) groups is 2. The fourth-order valence-electron chi connectivity index (χ4n) is 4.86. The summed E-state index contributed by atoms with van der Waals surface area (Å²) in [5.74, 6) is -0.868. The first-order chi connectivity index (χ1) is 23.8. The Balaban J connectivity index is 4.30. The molecule has 0 spiro atoms. The van der Waals surface area contributed by atoms with Crippen LogP contribution in [0.15, 0.2) is 48.6 Å². The third-order valence-corrected chi connectivity index (χ3v) is 8.68. The molecule has 0 saturated carbocycles. The first-order valence-electron chi connectivity index (χ1n) is 19.1. The maximum absolute atomic E-state index is 12.5. The van der Waals surface area contributed by atoms with Gasteiger partial charge in [0.1, 0.15) is 6.61 Å². The van der Waals surface area contributed by atoms with Crippen molar-refractivity contribution in [3.05, 3.63) is 48.6 Å². The zero-order valence-electron chi connectivity index (χ0n) is 30.9. The summed E-state index contributed by atoms with van der Waals surface area (Å²) in [6, 6.07) is 0. The molecule has 0 aliphatic carbocycles. The van der Waals surface area contributed by atoms with Crippen LogP contribution in [0.2, 0.25) is 0 Å². The molecule has 0 aromatic rings. The molecule has 9 nitrogen and oxygen atoms in total. The summed E-state index contributed by atoms with van der Waals surface area (Å²) in [5.41, 5.74) is 5.33. The summed E-state index contributed by atoms with van der Waals surface area (Å²) in [6.45, 7) is 3.60. The number of hydrogen-bond donors (Lipinski definition) is 2. The molecule has 0 heterocycles. The van der Waals surface area contributed by atoms with E-state index >= 15 is 0 Å². The van der Waals surface area contributed by atoms with Crippen molar-refractivity contribution in [1.29, 1.82) is 0 Å². The molecule has 284 valence electrons. The number of rotatable bonds is 35. The van der Waals surface area contributed by atoms with Gasteiger partial charge in [0.25, 0.3) is 0 Å². The molecule has 49 heavy (non-hydrogen) atoms. The summed E-state index contributed by atoms with van der Waals surface area (Å²) < 4.78 is 32.6. The maximum Gasteiger partial charge on any atom is 0.472 e. The third kappa shape index (κ3) is 35.6. The van der Waals surface area contributed by atoms with E-state index in [1.165, 1.54) is 57.8 Å². The Bertz CT molecular complexity index is 949. The van der Waals surface area contributed by atoms with E-state index in [1.807, 2.05) is 0 Å². The van der Waals surface area contributed by atoms with Crippen LogP contribution in [-0.4, -0.2) is 49.3 Å². The van der Waals surface area contributed by atoms with Crippen LogP contribution in [-0.2, 0) is 32.7 Å². The minimum absolute atomic E-state index is 0.0469. The zero-order chi connectivity index (χ0) is 36.1. The molecule has 0 rings (SSSR count). The molecule has 3 N–H and O–H groups in total. The Labute approximate surface area is 298 Å². The number of esters is 2. The molecule has 0 aliphatic heterocycles. The standard InChI is InChI=1S/C39H70NO8P/c1-3-5-7-9-11-13-15-16-17-18-19-20-22-24-26-28-30-32-39(42)48-37(36-47-49(43,44)46-34-33-40)35-45-38(41)31-29-27-25-23-21-14-12-10-8-6-4-2/h7,9,13,15,17-18,20,22,37H,3-6,8,10-12,14,16,19,21,23-36,40H2,1-2H3,(H,43,44)/b9-7+,15-13+,18-17+,22-20+/t37-/m1/s1. The van der Waals surface area contributed by atoms with Gasteiger partial charge in [-0.3, -0.25) is 18.6 Å². The van der Waals surface area contributed by atoms with Gasteiger partial charge in [0.15, 0.2) is 6.10 Å². The molecular weight excluding hydrogens is 641 g/mol. The van der Waals surface area contributed by atoms with Gasteiger partial charge in [0, 0.05) is 19.4 Å². The molecule has 0 aliphatic rings. The number of hydrogen-bond acceptors (Lipinski definition) is 8.